The lowest BCUT2D eigenvalue weighted by Crippen LogP contribution is -2.49. The quantitative estimate of drug-likeness (QED) is 0.287. The standard InChI is InChI=1S/C35H36N4O2/c1-2-21-39-33(30-15-9-10-16-31(30)35(39)41)36-29-19-17-28(18-20-29)34(40)38-24-22-37(23-25-38)32(26-11-5-3-6-12-26)27-13-7-4-8-14-27/h3-20,32-33,36H,2,21-25H2,1H3/t33-/m1/s1. The van der Waals surface area contributed by atoms with E-state index in [1.807, 2.05) is 58.3 Å². The Morgan fingerprint density at radius 1 is 0.780 bits per heavy atom. The van der Waals surface area contributed by atoms with Crippen molar-refractivity contribution in [2.24, 2.45) is 0 Å². The Balaban J connectivity index is 1.12. The van der Waals surface area contributed by atoms with E-state index >= 15 is 0 Å². The average Bonchev–Trinajstić information content (AvgIpc) is 3.29. The molecular formula is C35H36N4O2. The van der Waals surface area contributed by atoms with Gasteiger partial charge in [0.25, 0.3) is 11.8 Å². The lowest BCUT2D eigenvalue weighted by atomic mass is 9.96. The zero-order valence-corrected chi connectivity index (χ0v) is 23.4. The minimum Gasteiger partial charge on any atom is -0.361 e. The molecular weight excluding hydrogens is 508 g/mol. The van der Waals surface area contributed by atoms with Crippen molar-refractivity contribution in [2.45, 2.75) is 25.6 Å². The van der Waals surface area contributed by atoms with E-state index in [4.69, 9.17) is 0 Å². The highest BCUT2D eigenvalue weighted by molar-refractivity contribution is 5.99. The van der Waals surface area contributed by atoms with Gasteiger partial charge in [-0.15, -0.1) is 0 Å². The third-order valence-electron chi connectivity index (χ3n) is 8.16. The molecule has 2 aliphatic rings. The van der Waals surface area contributed by atoms with Crippen LogP contribution in [0.25, 0.3) is 0 Å². The molecule has 1 N–H and O–H groups in total. The number of carbonyl (C=O) groups is 2. The lowest BCUT2D eigenvalue weighted by molar-refractivity contribution is 0.0597. The third-order valence-corrected chi connectivity index (χ3v) is 8.16. The topological polar surface area (TPSA) is 55.9 Å². The van der Waals surface area contributed by atoms with Gasteiger partial charge < -0.3 is 15.1 Å². The maximum atomic E-state index is 13.5. The molecule has 6 heteroatoms. The Bertz CT molecular complexity index is 1440. The summed E-state index contributed by atoms with van der Waals surface area (Å²) in [5.41, 5.74) is 5.85. The number of anilines is 1. The van der Waals surface area contributed by atoms with Gasteiger partial charge in [-0.2, -0.15) is 0 Å². The lowest BCUT2D eigenvalue weighted by Gasteiger charge is -2.39. The summed E-state index contributed by atoms with van der Waals surface area (Å²) in [7, 11) is 0. The van der Waals surface area contributed by atoms with Gasteiger partial charge in [0.2, 0.25) is 0 Å². The van der Waals surface area contributed by atoms with Crippen LogP contribution in [-0.4, -0.2) is 59.2 Å². The van der Waals surface area contributed by atoms with Crippen LogP contribution in [0, 0.1) is 0 Å². The molecule has 4 aromatic rings. The van der Waals surface area contributed by atoms with Crippen molar-refractivity contribution in [1.82, 2.24) is 14.7 Å². The van der Waals surface area contributed by atoms with Crippen molar-refractivity contribution in [1.29, 1.82) is 0 Å². The summed E-state index contributed by atoms with van der Waals surface area (Å²) in [5.74, 6) is 0.119. The van der Waals surface area contributed by atoms with Crippen molar-refractivity contribution in [2.75, 3.05) is 38.0 Å². The molecule has 2 aliphatic heterocycles. The monoisotopic (exact) mass is 544 g/mol. The summed E-state index contributed by atoms with van der Waals surface area (Å²) < 4.78 is 0. The number of carbonyl (C=O) groups excluding carboxylic acids is 2. The second kappa shape index (κ2) is 12.0. The van der Waals surface area contributed by atoms with E-state index in [0.29, 0.717) is 25.2 Å². The summed E-state index contributed by atoms with van der Waals surface area (Å²) in [6.07, 6.45) is 0.672. The van der Waals surface area contributed by atoms with Gasteiger partial charge in [-0.3, -0.25) is 14.5 Å². The number of nitrogens with one attached hydrogen (secondary N) is 1. The number of benzene rings is 4. The number of fused-ring (bicyclic) bond motifs is 1. The van der Waals surface area contributed by atoms with Crippen LogP contribution in [0.5, 0.6) is 0 Å². The third kappa shape index (κ3) is 5.48. The van der Waals surface area contributed by atoms with Crippen LogP contribution < -0.4 is 5.32 Å². The zero-order chi connectivity index (χ0) is 28.2. The molecule has 41 heavy (non-hydrogen) atoms. The van der Waals surface area contributed by atoms with E-state index in [0.717, 1.165) is 36.3 Å². The zero-order valence-electron chi connectivity index (χ0n) is 23.4. The maximum Gasteiger partial charge on any atom is 0.256 e. The van der Waals surface area contributed by atoms with Crippen LogP contribution in [0.1, 0.15) is 63.0 Å². The van der Waals surface area contributed by atoms with Crippen molar-refractivity contribution in [3.8, 4) is 0 Å². The first kappa shape index (κ1) is 26.8. The van der Waals surface area contributed by atoms with Gasteiger partial charge in [0.1, 0.15) is 6.17 Å². The van der Waals surface area contributed by atoms with E-state index in [1.165, 1.54) is 11.1 Å². The highest BCUT2D eigenvalue weighted by Gasteiger charge is 2.36. The van der Waals surface area contributed by atoms with Gasteiger partial charge in [-0.25, -0.2) is 0 Å². The number of rotatable bonds is 8. The molecule has 1 atom stereocenters. The van der Waals surface area contributed by atoms with E-state index in [1.54, 1.807) is 0 Å². The molecule has 4 aromatic carbocycles. The molecule has 0 aliphatic carbocycles. The van der Waals surface area contributed by atoms with Crippen LogP contribution in [0.15, 0.2) is 109 Å². The molecule has 0 spiro atoms. The molecule has 0 bridgehead atoms. The predicted octanol–water partition coefficient (Wildman–Crippen LogP) is 6.21. The van der Waals surface area contributed by atoms with E-state index in [2.05, 4.69) is 77.8 Å². The van der Waals surface area contributed by atoms with E-state index in [9.17, 15) is 9.59 Å². The first-order chi connectivity index (χ1) is 20.1. The largest absolute Gasteiger partial charge is 0.361 e. The highest BCUT2D eigenvalue weighted by Crippen LogP contribution is 2.35. The fourth-order valence-corrected chi connectivity index (χ4v) is 6.11. The Labute approximate surface area is 242 Å². The number of hydrogen-bond acceptors (Lipinski definition) is 4. The normalized spacial score (nSPS) is 17.1. The Hall–Kier alpha value is -4.42. The summed E-state index contributed by atoms with van der Waals surface area (Å²) in [6, 6.07) is 36.8. The van der Waals surface area contributed by atoms with Gasteiger partial charge in [0.15, 0.2) is 0 Å². The van der Waals surface area contributed by atoms with Gasteiger partial charge >= 0.3 is 0 Å². The van der Waals surface area contributed by atoms with Gasteiger partial charge in [-0.1, -0.05) is 85.8 Å². The molecule has 0 radical (unpaired) electrons. The minimum atomic E-state index is -0.213. The summed E-state index contributed by atoms with van der Waals surface area (Å²) >= 11 is 0. The summed E-state index contributed by atoms with van der Waals surface area (Å²) in [4.78, 5) is 32.7. The molecule has 0 saturated carbocycles. The first-order valence-electron chi connectivity index (χ1n) is 14.5. The second-order valence-electron chi connectivity index (χ2n) is 10.8. The smallest absolute Gasteiger partial charge is 0.256 e. The fourth-order valence-electron chi connectivity index (χ4n) is 6.11. The van der Waals surface area contributed by atoms with Crippen molar-refractivity contribution in [3.63, 3.8) is 0 Å². The highest BCUT2D eigenvalue weighted by atomic mass is 16.2. The Morgan fingerprint density at radius 3 is 1.98 bits per heavy atom. The number of piperazine rings is 1. The number of hydrogen-bond donors (Lipinski definition) is 1. The van der Waals surface area contributed by atoms with E-state index < -0.39 is 0 Å². The Morgan fingerprint density at radius 2 is 1.37 bits per heavy atom. The van der Waals surface area contributed by atoms with Crippen LogP contribution in [0.3, 0.4) is 0 Å². The molecule has 208 valence electrons. The van der Waals surface area contributed by atoms with Gasteiger partial charge in [0.05, 0.1) is 6.04 Å². The van der Waals surface area contributed by atoms with Crippen LogP contribution >= 0.6 is 0 Å². The Kier molecular flexibility index (Phi) is 7.83. The van der Waals surface area contributed by atoms with Crippen LogP contribution in [0.2, 0.25) is 0 Å². The maximum absolute atomic E-state index is 13.5. The van der Waals surface area contributed by atoms with Crippen molar-refractivity contribution >= 4 is 17.5 Å². The number of amides is 2. The molecule has 0 aromatic heterocycles. The summed E-state index contributed by atoms with van der Waals surface area (Å²) in [6.45, 7) is 5.74. The molecule has 2 amide bonds. The molecule has 6 rings (SSSR count). The predicted molar refractivity (Wildman–Crippen MR) is 163 cm³/mol. The SMILES string of the molecule is CCCN1C(=O)c2ccccc2[C@@H]1Nc1ccc(C(=O)N2CCN(C(c3ccccc3)c3ccccc3)CC2)cc1. The van der Waals surface area contributed by atoms with E-state index in [-0.39, 0.29) is 24.0 Å². The fraction of sp³-hybridized carbons (Fsp3) is 0.257. The van der Waals surface area contributed by atoms with Crippen LogP contribution in [-0.2, 0) is 0 Å². The van der Waals surface area contributed by atoms with Crippen LogP contribution in [0.4, 0.5) is 5.69 Å². The molecule has 1 fully saturated rings. The average molecular weight is 545 g/mol. The first-order valence-corrected chi connectivity index (χ1v) is 14.5. The van der Waals surface area contributed by atoms with Gasteiger partial charge in [-0.05, 0) is 47.9 Å². The molecule has 2 heterocycles. The summed E-state index contributed by atoms with van der Waals surface area (Å²) in [5, 5.41) is 3.53. The minimum absolute atomic E-state index is 0.0566. The second-order valence-corrected chi connectivity index (χ2v) is 10.8. The molecule has 6 nitrogen and oxygen atoms in total. The number of nitrogens with zero attached hydrogens (tertiary/aromatic N) is 3. The van der Waals surface area contributed by atoms with Crippen molar-refractivity contribution in [3.05, 3.63) is 137 Å². The molecule has 1 saturated heterocycles. The van der Waals surface area contributed by atoms with Gasteiger partial charge in [0, 0.05) is 55.1 Å². The molecule has 0 unspecified atom stereocenters. The van der Waals surface area contributed by atoms with Crippen molar-refractivity contribution < 1.29 is 9.59 Å².